The zero-order valence-corrected chi connectivity index (χ0v) is 15.6. The predicted octanol–water partition coefficient (Wildman–Crippen LogP) is 6.15. The van der Waals surface area contributed by atoms with E-state index in [1.165, 1.54) is 6.07 Å². The first-order valence-corrected chi connectivity index (χ1v) is 8.37. The second kappa shape index (κ2) is 6.58. The number of halogens is 4. The van der Waals surface area contributed by atoms with Gasteiger partial charge >= 0.3 is 0 Å². The van der Waals surface area contributed by atoms with Crippen molar-refractivity contribution in [3.05, 3.63) is 61.8 Å². The van der Waals surface area contributed by atoms with E-state index in [4.69, 9.17) is 4.74 Å². The molecular formula is C15H12Br3FO. The fraction of sp³-hybridized carbons (Fsp3) is 0.200. The molecular weight excluding hydrogens is 455 g/mol. The largest absolute Gasteiger partial charge is 0.496 e. The molecule has 2 aromatic carbocycles. The van der Waals surface area contributed by atoms with E-state index in [-0.39, 0.29) is 10.6 Å². The first-order chi connectivity index (χ1) is 9.43. The van der Waals surface area contributed by atoms with Gasteiger partial charge in [0, 0.05) is 16.1 Å². The molecule has 0 saturated carbocycles. The maximum absolute atomic E-state index is 13.6. The minimum absolute atomic E-state index is 0.0770. The van der Waals surface area contributed by atoms with Gasteiger partial charge in [-0.3, -0.25) is 0 Å². The molecule has 5 heteroatoms. The fourth-order valence-electron chi connectivity index (χ4n) is 1.97. The highest BCUT2D eigenvalue weighted by molar-refractivity contribution is 9.11. The summed E-state index contributed by atoms with van der Waals surface area (Å²) in [6.07, 6.45) is 0. The van der Waals surface area contributed by atoms with Crippen molar-refractivity contribution in [3.63, 3.8) is 0 Å². The fourth-order valence-corrected chi connectivity index (χ4v) is 3.56. The second-order valence-electron chi connectivity index (χ2n) is 4.37. The normalized spacial score (nSPS) is 12.3. The van der Waals surface area contributed by atoms with E-state index in [9.17, 15) is 4.39 Å². The van der Waals surface area contributed by atoms with Crippen molar-refractivity contribution in [1.29, 1.82) is 0 Å². The highest BCUT2D eigenvalue weighted by Crippen LogP contribution is 2.40. The average Bonchev–Trinajstić information content (AvgIpc) is 2.43. The van der Waals surface area contributed by atoms with Gasteiger partial charge in [0.15, 0.2) is 0 Å². The highest BCUT2D eigenvalue weighted by Gasteiger charge is 2.19. The van der Waals surface area contributed by atoms with Gasteiger partial charge in [-0.25, -0.2) is 4.39 Å². The summed E-state index contributed by atoms with van der Waals surface area (Å²) in [5.41, 5.74) is 3.13. The molecule has 2 rings (SSSR count). The first-order valence-electron chi connectivity index (χ1n) is 5.87. The van der Waals surface area contributed by atoms with Crippen molar-refractivity contribution in [1.82, 2.24) is 0 Å². The molecule has 0 heterocycles. The number of ether oxygens (including phenoxy) is 1. The molecule has 0 aliphatic heterocycles. The lowest BCUT2D eigenvalue weighted by molar-refractivity contribution is 0.406. The Morgan fingerprint density at radius 1 is 1.10 bits per heavy atom. The molecule has 0 radical (unpaired) electrons. The zero-order chi connectivity index (χ0) is 14.9. The van der Waals surface area contributed by atoms with Gasteiger partial charge in [-0.15, -0.1) is 0 Å². The molecule has 0 spiro atoms. The minimum atomic E-state index is -0.337. The summed E-state index contributed by atoms with van der Waals surface area (Å²) < 4.78 is 20.3. The van der Waals surface area contributed by atoms with Gasteiger partial charge < -0.3 is 4.74 Å². The summed E-state index contributed by atoms with van der Waals surface area (Å²) in [4.78, 5) is -0.0770. The minimum Gasteiger partial charge on any atom is -0.496 e. The van der Waals surface area contributed by atoms with Crippen molar-refractivity contribution >= 4 is 47.8 Å². The van der Waals surface area contributed by atoms with Crippen LogP contribution in [0.3, 0.4) is 0 Å². The zero-order valence-electron chi connectivity index (χ0n) is 10.9. The Morgan fingerprint density at radius 3 is 2.45 bits per heavy atom. The molecule has 0 aromatic heterocycles. The summed E-state index contributed by atoms with van der Waals surface area (Å²) in [7, 11) is 1.54. The van der Waals surface area contributed by atoms with Gasteiger partial charge in [-0.2, -0.15) is 0 Å². The quantitative estimate of drug-likeness (QED) is 0.493. The predicted molar refractivity (Wildman–Crippen MR) is 90.3 cm³/mol. The van der Waals surface area contributed by atoms with Crippen LogP contribution < -0.4 is 4.74 Å². The summed E-state index contributed by atoms with van der Waals surface area (Å²) in [5, 5.41) is 0. The van der Waals surface area contributed by atoms with Gasteiger partial charge in [0.05, 0.1) is 16.4 Å². The van der Waals surface area contributed by atoms with Crippen LogP contribution in [0.5, 0.6) is 5.75 Å². The Labute approximate surface area is 142 Å². The standard InChI is InChI=1S/C15H12Br3FO/c1-8-3-4-9(16)5-10(8)15(18)11-6-12(17)13(19)7-14(11)20-2/h3-7,15H,1-2H3. The van der Waals surface area contributed by atoms with Crippen LogP contribution in [0.25, 0.3) is 0 Å². The van der Waals surface area contributed by atoms with Crippen molar-refractivity contribution in [2.24, 2.45) is 0 Å². The number of benzene rings is 2. The molecule has 0 fully saturated rings. The van der Waals surface area contributed by atoms with Crippen molar-refractivity contribution in [3.8, 4) is 5.75 Å². The maximum Gasteiger partial charge on any atom is 0.141 e. The number of methoxy groups -OCH3 is 1. The average molecular weight is 467 g/mol. The molecule has 0 amide bonds. The lowest BCUT2D eigenvalue weighted by Gasteiger charge is -2.18. The third-order valence-electron chi connectivity index (χ3n) is 3.06. The van der Waals surface area contributed by atoms with Crippen molar-refractivity contribution in [2.75, 3.05) is 7.11 Å². The smallest absolute Gasteiger partial charge is 0.141 e. The van der Waals surface area contributed by atoms with Crippen LogP contribution >= 0.6 is 47.8 Å². The van der Waals surface area contributed by atoms with E-state index in [1.807, 2.05) is 25.1 Å². The maximum atomic E-state index is 13.6. The molecule has 1 unspecified atom stereocenters. The van der Waals surface area contributed by atoms with Crippen LogP contribution in [0.15, 0.2) is 39.3 Å². The summed E-state index contributed by atoms with van der Waals surface area (Å²) >= 11 is 10.4. The van der Waals surface area contributed by atoms with Gasteiger partial charge in [0.2, 0.25) is 0 Å². The summed E-state index contributed by atoms with van der Waals surface area (Å²) in [6.45, 7) is 2.04. The SMILES string of the molecule is COc1cc(F)c(Br)cc1C(Br)c1cc(Br)ccc1C. The molecule has 106 valence electrons. The Hall–Kier alpha value is -0.390. The lowest BCUT2D eigenvalue weighted by Crippen LogP contribution is -2.00. The molecule has 0 bridgehead atoms. The highest BCUT2D eigenvalue weighted by atomic mass is 79.9. The summed E-state index contributed by atoms with van der Waals surface area (Å²) in [5.74, 6) is 0.184. The Kier molecular flexibility index (Phi) is 5.26. The van der Waals surface area contributed by atoms with Gasteiger partial charge in [-0.05, 0) is 52.2 Å². The topological polar surface area (TPSA) is 9.23 Å². The number of alkyl halides is 1. The van der Waals surface area contributed by atoms with Crippen LogP contribution in [-0.2, 0) is 0 Å². The Balaban J connectivity index is 2.55. The molecule has 0 aliphatic carbocycles. The van der Waals surface area contributed by atoms with E-state index >= 15 is 0 Å². The van der Waals surface area contributed by atoms with Gasteiger partial charge in [0.1, 0.15) is 11.6 Å². The van der Waals surface area contributed by atoms with E-state index < -0.39 is 0 Å². The first kappa shape index (κ1) is 16.0. The molecule has 2 aromatic rings. The third kappa shape index (κ3) is 3.26. The van der Waals surface area contributed by atoms with E-state index in [2.05, 4.69) is 47.8 Å². The molecule has 1 atom stereocenters. The van der Waals surface area contributed by atoms with Crippen molar-refractivity contribution < 1.29 is 9.13 Å². The number of rotatable bonds is 3. The Morgan fingerprint density at radius 2 is 1.80 bits per heavy atom. The number of hydrogen-bond acceptors (Lipinski definition) is 1. The van der Waals surface area contributed by atoms with Crippen LogP contribution in [0.1, 0.15) is 21.5 Å². The van der Waals surface area contributed by atoms with Crippen LogP contribution in [-0.4, -0.2) is 7.11 Å². The van der Waals surface area contributed by atoms with E-state index in [0.717, 1.165) is 21.2 Å². The molecule has 0 aliphatic rings. The van der Waals surface area contributed by atoms with Gasteiger partial charge in [0.25, 0.3) is 0 Å². The number of aryl methyl sites for hydroxylation is 1. The second-order valence-corrected chi connectivity index (χ2v) is 7.06. The molecule has 0 saturated heterocycles. The Bertz CT molecular complexity index is 643. The van der Waals surface area contributed by atoms with E-state index in [0.29, 0.717) is 10.2 Å². The van der Waals surface area contributed by atoms with Crippen molar-refractivity contribution in [2.45, 2.75) is 11.8 Å². The lowest BCUT2D eigenvalue weighted by atomic mass is 10.00. The monoisotopic (exact) mass is 464 g/mol. The number of hydrogen-bond donors (Lipinski definition) is 0. The summed E-state index contributed by atoms with van der Waals surface area (Å²) in [6, 6.07) is 9.22. The van der Waals surface area contributed by atoms with Crippen LogP contribution in [0.2, 0.25) is 0 Å². The molecule has 1 nitrogen and oxygen atoms in total. The third-order valence-corrected chi connectivity index (χ3v) is 5.15. The molecule has 0 N–H and O–H groups in total. The van der Waals surface area contributed by atoms with Gasteiger partial charge in [-0.1, -0.05) is 37.9 Å². The van der Waals surface area contributed by atoms with Crippen LogP contribution in [0.4, 0.5) is 4.39 Å². The molecule has 20 heavy (non-hydrogen) atoms. The van der Waals surface area contributed by atoms with Crippen LogP contribution in [0, 0.1) is 12.7 Å². The van der Waals surface area contributed by atoms with E-state index in [1.54, 1.807) is 13.2 Å².